The number of aliphatic imine (C=N–C) groups is 1. The second kappa shape index (κ2) is 10.4. The van der Waals surface area contributed by atoms with Gasteiger partial charge in [-0.25, -0.2) is 9.78 Å². The van der Waals surface area contributed by atoms with Gasteiger partial charge in [0, 0.05) is 23.1 Å². The molecule has 0 aliphatic carbocycles. The third-order valence-electron chi connectivity index (χ3n) is 4.80. The van der Waals surface area contributed by atoms with E-state index in [0.29, 0.717) is 22.8 Å². The molecule has 0 saturated heterocycles. The maximum Gasteiger partial charge on any atom is 0.323 e. The summed E-state index contributed by atoms with van der Waals surface area (Å²) in [6.07, 6.45) is 1.69. The van der Waals surface area contributed by atoms with Gasteiger partial charge < -0.3 is 21.7 Å². The molecule has 5 N–H and O–H groups in total. The number of para-hydroxylation sites is 2. The van der Waals surface area contributed by atoms with E-state index in [1.165, 1.54) is 0 Å². The summed E-state index contributed by atoms with van der Waals surface area (Å²) in [6.45, 7) is 0. The summed E-state index contributed by atoms with van der Waals surface area (Å²) in [7, 11) is 0. The van der Waals surface area contributed by atoms with Crippen LogP contribution in [0.3, 0.4) is 0 Å². The molecule has 4 aromatic rings. The topological polar surface area (TPSA) is 128 Å². The molecular formula is C26H21N7O. The van der Waals surface area contributed by atoms with Crippen LogP contribution in [0.25, 0.3) is 11.1 Å². The van der Waals surface area contributed by atoms with Crippen LogP contribution in [0.2, 0.25) is 0 Å². The number of benzene rings is 3. The molecule has 0 radical (unpaired) electrons. The van der Waals surface area contributed by atoms with Crippen LogP contribution in [0.4, 0.5) is 27.7 Å². The number of anilines is 3. The molecule has 8 nitrogen and oxygen atoms in total. The minimum absolute atomic E-state index is 0.132. The van der Waals surface area contributed by atoms with E-state index >= 15 is 0 Å². The summed E-state index contributed by atoms with van der Waals surface area (Å²) in [5.41, 5.74) is 10.2. The van der Waals surface area contributed by atoms with Crippen molar-refractivity contribution in [2.45, 2.75) is 0 Å². The Kier molecular flexibility index (Phi) is 6.77. The Labute approximate surface area is 196 Å². The number of nitrogens with one attached hydrogen (secondary N) is 3. The van der Waals surface area contributed by atoms with Crippen LogP contribution in [-0.2, 0) is 0 Å². The zero-order chi connectivity index (χ0) is 23.8. The number of aromatic nitrogens is 1. The van der Waals surface area contributed by atoms with Gasteiger partial charge in [-0.2, -0.15) is 10.3 Å². The van der Waals surface area contributed by atoms with Crippen molar-refractivity contribution in [3.8, 4) is 17.2 Å². The number of guanidine groups is 1. The van der Waals surface area contributed by atoms with Crippen molar-refractivity contribution >= 4 is 34.9 Å². The molecule has 1 aromatic heterocycles. The highest BCUT2D eigenvalue weighted by molar-refractivity contribution is 5.99. The first-order chi connectivity index (χ1) is 16.6. The van der Waals surface area contributed by atoms with E-state index in [1.54, 1.807) is 36.5 Å². The van der Waals surface area contributed by atoms with E-state index < -0.39 is 0 Å². The summed E-state index contributed by atoms with van der Waals surface area (Å²) in [6, 6.07) is 29.1. The number of hydrogen-bond donors (Lipinski definition) is 4. The number of nitrogens with zero attached hydrogens (tertiary/aromatic N) is 3. The first-order valence-electron chi connectivity index (χ1n) is 10.4. The van der Waals surface area contributed by atoms with Gasteiger partial charge in [-0.3, -0.25) is 0 Å². The molecular weight excluding hydrogens is 426 g/mol. The van der Waals surface area contributed by atoms with Gasteiger partial charge in [-0.15, -0.1) is 0 Å². The first-order valence-corrected chi connectivity index (χ1v) is 10.4. The van der Waals surface area contributed by atoms with Crippen molar-refractivity contribution in [3.63, 3.8) is 0 Å². The van der Waals surface area contributed by atoms with Crippen LogP contribution < -0.4 is 21.7 Å². The van der Waals surface area contributed by atoms with Crippen molar-refractivity contribution in [2.24, 2.45) is 10.7 Å². The maximum atomic E-state index is 12.1. The van der Waals surface area contributed by atoms with Crippen molar-refractivity contribution in [3.05, 3.63) is 103 Å². The van der Waals surface area contributed by atoms with E-state index in [9.17, 15) is 10.1 Å². The lowest BCUT2D eigenvalue weighted by Gasteiger charge is -2.09. The molecule has 0 atom stereocenters. The predicted molar refractivity (Wildman–Crippen MR) is 135 cm³/mol. The summed E-state index contributed by atoms with van der Waals surface area (Å²) < 4.78 is 0. The highest BCUT2D eigenvalue weighted by Crippen LogP contribution is 2.23. The van der Waals surface area contributed by atoms with Crippen LogP contribution in [-0.4, -0.2) is 17.0 Å². The van der Waals surface area contributed by atoms with E-state index in [2.05, 4.69) is 32.0 Å². The third kappa shape index (κ3) is 5.75. The number of nitrogens with two attached hydrogens (primary N) is 1. The molecule has 0 spiro atoms. The lowest BCUT2D eigenvalue weighted by atomic mass is 10.1. The maximum absolute atomic E-state index is 12.1. The monoisotopic (exact) mass is 447 g/mol. The van der Waals surface area contributed by atoms with Crippen molar-refractivity contribution in [2.75, 3.05) is 16.0 Å². The van der Waals surface area contributed by atoms with Crippen molar-refractivity contribution in [1.29, 1.82) is 5.26 Å². The van der Waals surface area contributed by atoms with Crippen LogP contribution in [0, 0.1) is 11.3 Å². The number of urea groups is 1. The van der Waals surface area contributed by atoms with Gasteiger partial charge in [0.1, 0.15) is 6.07 Å². The minimum atomic E-state index is -0.313. The molecule has 8 heteroatoms. The van der Waals surface area contributed by atoms with Gasteiger partial charge in [0.05, 0.1) is 11.3 Å². The number of amides is 2. The Hall–Kier alpha value is -5.16. The Bertz CT molecular complexity index is 1340. The third-order valence-corrected chi connectivity index (χ3v) is 4.80. The highest BCUT2D eigenvalue weighted by Gasteiger charge is 2.05. The smallest absolute Gasteiger partial charge is 0.323 e. The Morgan fingerprint density at radius 2 is 1.44 bits per heavy atom. The molecule has 3 aromatic carbocycles. The molecule has 1 heterocycles. The first kappa shape index (κ1) is 22.0. The van der Waals surface area contributed by atoms with Crippen LogP contribution >= 0.6 is 0 Å². The molecule has 0 aliphatic rings. The largest absolute Gasteiger partial charge is 0.369 e. The summed E-state index contributed by atoms with van der Waals surface area (Å²) >= 11 is 0. The van der Waals surface area contributed by atoms with Gasteiger partial charge in [0.2, 0.25) is 0 Å². The number of rotatable bonds is 5. The van der Waals surface area contributed by atoms with Gasteiger partial charge in [0.15, 0.2) is 11.8 Å². The lowest BCUT2D eigenvalue weighted by Crippen LogP contribution is -2.22. The Morgan fingerprint density at radius 3 is 2.12 bits per heavy atom. The van der Waals surface area contributed by atoms with Gasteiger partial charge in [-0.05, 0) is 54.1 Å². The zero-order valence-electron chi connectivity index (χ0n) is 18.1. The fourth-order valence-electron chi connectivity index (χ4n) is 3.16. The number of hydrogen-bond acceptors (Lipinski definition) is 4. The van der Waals surface area contributed by atoms with E-state index in [1.807, 2.05) is 60.7 Å². The fourth-order valence-corrected chi connectivity index (χ4v) is 3.16. The standard InChI is InChI=1S/C26H21N7O/c27-16-19-6-4-5-9-23(19)32-25(28)33-24-15-12-20(17-29-24)18-10-13-22(14-11-18)31-26(34)30-21-7-2-1-3-8-21/h1-15,17H,(H2,30,31,34)(H3,28,29,32,33). The lowest BCUT2D eigenvalue weighted by molar-refractivity contribution is 0.262. The molecule has 2 amide bonds. The second-order valence-electron chi connectivity index (χ2n) is 7.21. The second-order valence-corrected chi connectivity index (χ2v) is 7.21. The average molecular weight is 448 g/mol. The SMILES string of the molecule is N#Cc1ccccc1NC(N)=Nc1ccc(-c2ccc(NC(=O)Nc3ccccc3)cc2)cn1. The van der Waals surface area contributed by atoms with E-state index in [0.717, 1.165) is 16.8 Å². The normalized spacial score (nSPS) is 10.7. The van der Waals surface area contributed by atoms with Crippen LogP contribution in [0.15, 0.2) is 102 Å². The predicted octanol–water partition coefficient (Wildman–Crippen LogP) is 5.32. The zero-order valence-corrected chi connectivity index (χ0v) is 18.1. The summed E-state index contributed by atoms with van der Waals surface area (Å²) in [5, 5.41) is 17.7. The van der Waals surface area contributed by atoms with Crippen molar-refractivity contribution < 1.29 is 4.79 Å². The number of carbonyl (C=O) groups excluding carboxylic acids is 1. The Morgan fingerprint density at radius 1 is 0.794 bits per heavy atom. The molecule has 0 unspecified atom stereocenters. The van der Waals surface area contributed by atoms with Crippen LogP contribution in [0.5, 0.6) is 0 Å². The quantitative estimate of drug-likeness (QED) is 0.243. The van der Waals surface area contributed by atoms with Gasteiger partial charge in [-0.1, -0.05) is 42.5 Å². The molecule has 0 bridgehead atoms. The Balaban J connectivity index is 1.38. The molecule has 166 valence electrons. The summed E-state index contributed by atoms with van der Waals surface area (Å²) in [5.74, 6) is 0.561. The van der Waals surface area contributed by atoms with Gasteiger partial charge in [0.25, 0.3) is 0 Å². The number of nitriles is 1. The highest BCUT2D eigenvalue weighted by atomic mass is 16.2. The average Bonchev–Trinajstić information content (AvgIpc) is 2.86. The van der Waals surface area contributed by atoms with E-state index in [-0.39, 0.29) is 12.0 Å². The minimum Gasteiger partial charge on any atom is -0.369 e. The van der Waals surface area contributed by atoms with Gasteiger partial charge >= 0.3 is 6.03 Å². The van der Waals surface area contributed by atoms with Crippen molar-refractivity contribution in [1.82, 2.24) is 4.98 Å². The number of pyridine rings is 1. The summed E-state index contributed by atoms with van der Waals surface area (Å²) in [4.78, 5) is 20.7. The van der Waals surface area contributed by atoms with E-state index in [4.69, 9.17) is 5.73 Å². The molecule has 0 fully saturated rings. The number of carbonyl (C=O) groups is 1. The molecule has 34 heavy (non-hydrogen) atoms. The molecule has 0 saturated carbocycles. The molecule has 4 rings (SSSR count). The fraction of sp³-hybridized carbons (Fsp3) is 0. The molecule has 0 aliphatic heterocycles. The van der Waals surface area contributed by atoms with Crippen LogP contribution in [0.1, 0.15) is 5.56 Å².